The van der Waals surface area contributed by atoms with Crippen molar-refractivity contribution in [1.29, 1.82) is 0 Å². The van der Waals surface area contributed by atoms with Crippen LogP contribution in [0.2, 0.25) is 0 Å². The summed E-state index contributed by atoms with van der Waals surface area (Å²) in [6.07, 6.45) is 0.875. The first kappa shape index (κ1) is 20.4. The van der Waals surface area contributed by atoms with Gasteiger partial charge in [0.15, 0.2) is 5.96 Å². The smallest absolute Gasteiger partial charge is 0.242 e. The number of ether oxygens (including phenoxy) is 1. The Morgan fingerprint density at radius 3 is 2.58 bits per heavy atom. The highest BCUT2D eigenvalue weighted by atomic mass is 32.2. The van der Waals surface area contributed by atoms with Crippen LogP contribution in [0.25, 0.3) is 0 Å². The van der Waals surface area contributed by atoms with Crippen molar-refractivity contribution in [1.82, 2.24) is 14.9 Å². The van der Waals surface area contributed by atoms with E-state index < -0.39 is 10.0 Å². The third-order valence-electron chi connectivity index (χ3n) is 3.36. The van der Waals surface area contributed by atoms with Gasteiger partial charge in [0.25, 0.3) is 0 Å². The molecule has 1 rings (SSSR count). The molecular weight excluding hydrogens is 328 g/mol. The van der Waals surface area contributed by atoms with E-state index in [1.54, 1.807) is 25.2 Å². The zero-order valence-corrected chi connectivity index (χ0v) is 15.7. The molecule has 0 heterocycles. The highest BCUT2D eigenvalue weighted by molar-refractivity contribution is 7.89. The number of sulfonamides is 1. The third-order valence-corrected chi connectivity index (χ3v) is 5.28. The lowest BCUT2D eigenvalue weighted by Crippen LogP contribution is -2.38. The molecule has 0 aliphatic rings. The second kappa shape index (κ2) is 10.3. The van der Waals surface area contributed by atoms with E-state index in [4.69, 9.17) is 4.74 Å². The number of hydrogen-bond acceptors (Lipinski definition) is 4. The van der Waals surface area contributed by atoms with E-state index in [0.717, 1.165) is 13.0 Å². The molecule has 136 valence electrons. The molecular formula is C16H28N4O3S. The maximum absolute atomic E-state index is 12.4. The summed E-state index contributed by atoms with van der Waals surface area (Å²) in [6.45, 7) is 4.48. The van der Waals surface area contributed by atoms with Gasteiger partial charge < -0.3 is 15.4 Å². The third kappa shape index (κ3) is 6.10. The predicted molar refractivity (Wildman–Crippen MR) is 96.6 cm³/mol. The largest absolute Gasteiger partial charge is 0.382 e. The summed E-state index contributed by atoms with van der Waals surface area (Å²) in [4.78, 5) is 4.44. The molecule has 24 heavy (non-hydrogen) atoms. The van der Waals surface area contributed by atoms with Crippen LogP contribution in [0.4, 0.5) is 0 Å². The zero-order chi connectivity index (χ0) is 18.0. The first-order valence-corrected chi connectivity index (χ1v) is 9.40. The molecule has 1 aromatic carbocycles. The van der Waals surface area contributed by atoms with Crippen molar-refractivity contribution in [2.75, 3.05) is 40.9 Å². The highest BCUT2D eigenvalue weighted by Crippen LogP contribution is 2.18. The molecule has 0 aliphatic carbocycles. The van der Waals surface area contributed by atoms with Gasteiger partial charge in [-0.3, -0.25) is 4.99 Å². The molecule has 0 aliphatic heterocycles. The van der Waals surface area contributed by atoms with Gasteiger partial charge in [-0.05, 0) is 25.0 Å². The highest BCUT2D eigenvalue weighted by Gasteiger charge is 2.20. The van der Waals surface area contributed by atoms with E-state index >= 15 is 0 Å². The summed E-state index contributed by atoms with van der Waals surface area (Å²) in [6, 6.07) is 6.96. The summed E-state index contributed by atoms with van der Waals surface area (Å²) < 4.78 is 31.3. The van der Waals surface area contributed by atoms with Crippen LogP contribution in [-0.2, 0) is 21.3 Å². The van der Waals surface area contributed by atoms with E-state index in [1.165, 1.54) is 18.4 Å². The van der Waals surface area contributed by atoms with Crippen LogP contribution in [0.1, 0.15) is 18.9 Å². The number of hydrogen-bond donors (Lipinski definition) is 2. The molecule has 2 N–H and O–H groups in total. The van der Waals surface area contributed by atoms with Gasteiger partial charge in [-0.1, -0.05) is 18.2 Å². The minimum Gasteiger partial charge on any atom is -0.382 e. The average Bonchev–Trinajstić information content (AvgIpc) is 2.57. The van der Waals surface area contributed by atoms with Crippen LogP contribution in [-0.4, -0.2) is 59.6 Å². The fourth-order valence-electron chi connectivity index (χ4n) is 2.02. The van der Waals surface area contributed by atoms with Crippen LogP contribution in [0.3, 0.4) is 0 Å². The molecule has 0 saturated heterocycles. The number of rotatable bonds is 9. The molecule has 0 amide bonds. The van der Waals surface area contributed by atoms with Crippen LogP contribution in [0.15, 0.2) is 34.2 Å². The summed E-state index contributed by atoms with van der Waals surface area (Å²) >= 11 is 0. The lowest BCUT2D eigenvalue weighted by atomic mass is 10.2. The summed E-state index contributed by atoms with van der Waals surface area (Å²) in [7, 11) is 1.26. The molecule has 0 unspecified atom stereocenters. The Kier molecular flexibility index (Phi) is 8.73. The Balaban J connectivity index is 2.67. The quantitative estimate of drug-likeness (QED) is 0.392. The van der Waals surface area contributed by atoms with Gasteiger partial charge in [-0.25, -0.2) is 12.7 Å². The molecule has 0 spiro atoms. The SMILES string of the molecule is CCOCCCNC(=NC)NCc1ccccc1S(=O)(=O)N(C)C. The van der Waals surface area contributed by atoms with Gasteiger partial charge in [-0.15, -0.1) is 0 Å². The second-order valence-corrected chi connectivity index (χ2v) is 7.42. The van der Waals surface area contributed by atoms with Crippen molar-refractivity contribution in [3.8, 4) is 0 Å². The fraction of sp³-hybridized carbons (Fsp3) is 0.562. The molecule has 1 aromatic rings. The van der Waals surface area contributed by atoms with Crippen LogP contribution in [0.5, 0.6) is 0 Å². The topological polar surface area (TPSA) is 83.0 Å². The van der Waals surface area contributed by atoms with Crippen LogP contribution < -0.4 is 10.6 Å². The molecule has 0 atom stereocenters. The van der Waals surface area contributed by atoms with Crippen molar-refractivity contribution in [3.63, 3.8) is 0 Å². The summed E-state index contributed by atoms with van der Waals surface area (Å²) in [5.74, 6) is 0.628. The van der Waals surface area contributed by atoms with Gasteiger partial charge in [0, 0.05) is 47.4 Å². The van der Waals surface area contributed by atoms with E-state index in [1.807, 2.05) is 13.0 Å². The molecule has 7 nitrogen and oxygen atoms in total. The average molecular weight is 356 g/mol. The minimum absolute atomic E-state index is 0.300. The van der Waals surface area contributed by atoms with E-state index in [9.17, 15) is 8.42 Å². The molecule has 0 aromatic heterocycles. The number of nitrogens with zero attached hydrogens (tertiary/aromatic N) is 2. The summed E-state index contributed by atoms with van der Waals surface area (Å²) in [5.41, 5.74) is 0.698. The number of guanidine groups is 1. The molecule has 8 heteroatoms. The first-order chi connectivity index (χ1) is 11.4. The van der Waals surface area contributed by atoms with Gasteiger partial charge in [-0.2, -0.15) is 0 Å². The molecule has 0 radical (unpaired) electrons. The lowest BCUT2D eigenvalue weighted by Gasteiger charge is -2.17. The van der Waals surface area contributed by atoms with E-state index in [-0.39, 0.29) is 0 Å². The zero-order valence-electron chi connectivity index (χ0n) is 14.9. The number of aliphatic imine (C=N–C) groups is 1. The second-order valence-electron chi connectivity index (χ2n) is 5.30. The van der Waals surface area contributed by atoms with Crippen molar-refractivity contribution >= 4 is 16.0 Å². The van der Waals surface area contributed by atoms with Gasteiger partial charge >= 0.3 is 0 Å². The van der Waals surface area contributed by atoms with E-state index in [0.29, 0.717) is 36.2 Å². The monoisotopic (exact) mass is 356 g/mol. The van der Waals surface area contributed by atoms with Gasteiger partial charge in [0.05, 0.1) is 4.90 Å². The normalized spacial score (nSPS) is 12.5. The van der Waals surface area contributed by atoms with Crippen molar-refractivity contribution < 1.29 is 13.2 Å². The van der Waals surface area contributed by atoms with Crippen LogP contribution in [0, 0.1) is 0 Å². The standard InChI is InChI=1S/C16H28N4O3S/c1-5-23-12-8-11-18-16(17-2)19-13-14-9-6-7-10-15(14)24(21,22)20(3)4/h6-7,9-10H,5,8,11-13H2,1-4H3,(H2,17,18,19). The van der Waals surface area contributed by atoms with Crippen molar-refractivity contribution in [2.24, 2.45) is 4.99 Å². The Morgan fingerprint density at radius 1 is 1.25 bits per heavy atom. The molecule has 0 saturated carbocycles. The van der Waals surface area contributed by atoms with Crippen molar-refractivity contribution in [2.45, 2.75) is 24.8 Å². The van der Waals surface area contributed by atoms with Gasteiger partial charge in [0.1, 0.15) is 0 Å². The first-order valence-electron chi connectivity index (χ1n) is 7.96. The Bertz CT molecular complexity index is 630. The molecule has 0 bridgehead atoms. The Hall–Kier alpha value is -1.64. The maximum Gasteiger partial charge on any atom is 0.242 e. The predicted octanol–water partition coefficient (Wildman–Crippen LogP) is 1.03. The van der Waals surface area contributed by atoms with Gasteiger partial charge in [0.2, 0.25) is 10.0 Å². The Labute approximate surface area is 145 Å². The lowest BCUT2D eigenvalue weighted by molar-refractivity contribution is 0.145. The Morgan fingerprint density at radius 2 is 1.96 bits per heavy atom. The summed E-state index contributed by atoms with van der Waals surface area (Å²) in [5, 5.41) is 6.32. The van der Waals surface area contributed by atoms with Crippen molar-refractivity contribution in [3.05, 3.63) is 29.8 Å². The fourth-order valence-corrected chi connectivity index (χ4v) is 3.14. The van der Waals surface area contributed by atoms with Crippen LogP contribution >= 0.6 is 0 Å². The van der Waals surface area contributed by atoms with E-state index in [2.05, 4.69) is 15.6 Å². The number of benzene rings is 1. The molecule has 0 fully saturated rings. The maximum atomic E-state index is 12.4. The minimum atomic E-state index is -3.47. The number of nitrogens with one attached hydrogen (secondary N) is 2.